The fourth-order valence-electron chi connectivity index (χ4n) is 3.79. The predicted molar refractivity (Wildman–Crippen MR) is 131 cm³/mol. The van der Waals surface area contributed by atoms with Gasteiger partial charge in [-0.15, -0.1) is 0 Å². The van der Waals surface area contributed by atoms with Crippen LogP contribution in [0.4, 0.5) is 8.78 Å². The van der Waals surface area contributed by atoms with Gasteiger partial charge in [-0.2, -0.15) is 0 Å². The third-order valence-electron chi connectivity index (χ3n) is 5.85. The number of allylic oxidation sites excluding steroid dienone is 1. The Morgan fingerprint density at radius 2 is 1.49 bits per heavy atom. The van der Waals surface area contributed by atoms with Crippen LogP contribution in [0.2, 0.25) is 0 Å². The molecule has 35 heavy (non-hydrogen) atoms. The van der Waals surface area contributed by atoms with Crippen molar-refractivity contribution in [1.29, 1.82) is 0 Å². The largest absolute Gasteiger partial charge is 0.549 e. The van der Waals surface area contributed by atoms with E-state index < -0.39 is 35.0 Å². The number of carbonyl (C=O) groups is 2. The maximum Gasteiger partial charge on any atom is 0.339 e. The quantitative estimate of drug-likeness (QED) is 0.136. The summed E-state index contributed by atoms with van der Waals surface area (Å²) < 4.78 is 38.1. The van der Waals surface area contributed by atoms with Crippen LogP contribution < -0.4 is 5.11 Å². The number of hydrogen-bond donors (Lipinski definition) is 1. The molecule has 0 amide bonds. The van der Waals surface area contributed by atoms with E-state index in [9.17, 15) is 28.6 Å². The molecule has 0 aliphatic carbocycles. The normalized spacial score (nSPS) is 15.2. The van der Waals surface area contributed by atoms with Crippen molar-refractivity contribution in [3.8, 4) is 0 Å². The third kappa shape index (κ3) is 15.2. The monoisotopic (exact) mass is 505 g/mol. The number of hydrogen-bond acceptors (Lipinski definition) is 6. The number of rotatable bonds is 20. The van der Waals surface area contributed by atoms with Gasteiger partial charge in [0.05, 0.1) is 11.9 Å². The van der Waals surface area contributed by atoms with Crippen LogP contribution in [0.1, 0.15) is 111 Å². The van der Waals surface area contributed by atoms with Crippen LogP contribution in [0.15, 0.2) is 12.2 Å². The molecule has 0 rings (SSSR count). The van der Waals surface area contributed by atoms with Gasteiger partial charge in [0.25, 0.3) is 0 Å². The molecule has 1 N–H and O–H groups in total. The number of esters is 1. The van der Waals surface area contributed by atoms with Gasteiger partial charge in [0.1, 0.15) is 5.60 Å². The van der Waals surface area contributed by atoms with Crippen LogP contribution in [0.5, 0.6) is 0 Å². The lowest BCUT2D eigenvalue weighted by Crippen LogP contribution is -2.55. The maximum absolute atomic E-state index is 14.0. The number of unbranched alkanes of at least 4 members (excludes halogenated alkanes) is 8. The van der Waals surface area contributed by atoms with Crippen LogP contribution in [0, 0.1) is 5.92 Å². The summed E-state index contributed by atoms with van der Waals surface area (Å²) in [4.78, 5) is 24.4. The minimum atomic E-state index is -2.61. The van der Waals surface area contributed by atoms with Crippen molar-refractivity contribution < 1.29 is 38.1 Å². The summed E-state index contributed by atoms with van der Waals surface area (Å²) in [5.74, 6) is -6.86. The molecule has 206 valence electrons. The highest BCUT2D eigenvalue weighted by molar-refractivity contribution is 5.87. The van der Waals surface area contributed by atoms with Crippen LogP contribution in [-0.2, 0) is 19.1 Å². The van der Waals surface area contributed by atoms with Crippen molar-refractivity contribution in [3.63, 3.8) is 0 Å². The van der Waals surface area contributed by atoms with Crippen molar-refractivity contribution in [1.82, 2.24) is 0 Å². The van der Waals surface area contributed by atoms with E-state index >= 15 is 0 Å². The third-order valence-corrected chi connectivity index (χ3v) is 5.85. The molecule has 0 aromatic carbocycles. The van der Waals surface area contributed by atoms with Crippen molar-refractivity contribution in [2.45, 2.75) is 128 Å². The van der Waals surface area contributed by atoms with Gasteiger partial charge >= 0.3 is 5.97 Å². The molecule has 2 atom stereocenters. The van der Waals surface area contributed by atoms with Gasteiger partial charge in [-0.1, -0.05) is 57.6 Å². The molecule has 8 heteroatoms. The number of aliphatic carboxylic acids is 1. The zero-order valence-corrected chi connectivity index (χ0v) is 22.4. The van der Waals surface area contributed by atoms with Gasteiger partial charge in [0.15, 0.2) is 5.60 Å². The van der Waals surface area contributed by atoms with Crippen LogP contribution >= 0.6 is 0 Å². The SMILES string of the molecule is CCCCCCCC(F)(F)CCCCCC/C=C/[C@H](C(=O)[O-])[C@@](O)(CCOC)C(=O)OC(C)(C)C. The van der Waals surface area contributed by atoms with E-state index in [0.717, 1.165) is 32.1 Å². The Kier molecular flexibility index (Phi) is 16.3. The van der Waals surface area contributed by atoms with Crippen molar-refractivity contribution in [2.24, 2.45) is 5.92 Å². The Morgan fingerprint density at radius 3 is 1.97 bits per heavy atom. The van der Waals surface area contributed by atoms with Crippen molar-refractivity contribution in [3.05, 3.63) is 12.2 Å². The number of carboxylic acids is 1. The summed E-state index contributed by atoms with van der Waals surface area (Å²) in [7, 11) is 1.38. The number of halogens is 2. The molecule has 0 saturated carbocycles. The predicted octanol–water partition coefficient (Wildman–Crippen LogP) is 5.35. The number of methoxy groups -OCH3 is 1. The number of alkyl halides is 2. The molecule has 0 heterocycles. The van der Waals surface area contributed by atoms with E-state index in [1.54, 1.807) is 26.8 Å². The molecule has 0 aromatic rings. The van der Waals surface area contributed by atoms with Gasteiger partial charge in [0.2, 0.25) is 5.92 Å². The summed E-state index contributed by atoms with van der Waals surface area (Å²) in [5.41, 5.74) is -3.25. The van der Waals surface area contributed by atoms with Crippen molar-refractivity contribution in [2.75, 3.05) is 13.7 Å². The smallest absolute Gasteiger partial charge is 0.339 e. The molecule has 0 radical (unpaired) electrons. The summed E-state index contributed by atoms with van der Waals surface area (Å²) in [6, 6.07) is 0. The second kappa shape index (κ2) is 17.0. The average Bonchev–Trinajstić information content (AvgIpc) is 2.74. The molecule has 0 unspecified atom stereocenters. The molecule has 0 bridgehead atoms. The van der Waals surface area contributed by atoms with E-state index in [4.69, 9.17) is 9.47 Å². The molecule has 0 saturated heterocycles. The minimum Gasteiger partial charge on any atom is -0.549 e. The van der Waals surface area contributed by atoms with Gasteiger partial charge in [0, 0.05) is 33.0 Å². The first kappa shape index (κ1) is 33.5. The molecular formula is C27H47F2O6-. The van der Waals surface area contributed by atoms with Gasteiger partial charge in [-0.05, 0) is 46.5 Å². The van der Waals surface area contributed by atoms with Gasteiger partial charge in [-0.3, -0.25) is 0 Å². The lowest BCUT2D eigenvalue weighted by molar-refractivity contribution is -0.315. The second-order valence-corrected chi connectivity index (χ2v) is 10.4. The number of carboxylic acid groups (broad SMARTS) is 1. The Morgan fingerprint density at radius 1 is 0.943 bits per heavy atom. The Bertz CT molecular complexity index is 630. The lowest BCUT2D eigenvalue weighted by atomic mass is 9.83. The molecular weight excluding hydrogens is 458 g/mol. The zero-order chi connectivity index (χ0) is 27.0. The minimum absolute atomic E-state index is 0.0449. The van der Waals surface area contributed by atoms with Gasteiger partial charge in [-0.25, -0.2) is 13.6 Å². The highest BCUT2D eigenvalue weighted by Gasteiger charge is 2.46. The zero-order valence-electron chi connectivity index (χ0n) is 22.4. The number of ether oxygens (including phenoxy) is 2. The van der Waals surface area contributed by atoms with Crippen molar-refractivity contribution >= 4 is 11.9 Å². The number of carbonyl (C=O) groups excluding carboxylic acids is 2. The molecule has 0 aliphatic rings. The van der Waals surface area contributed by atoms with E-state index in [2.05, 4.69) is 6.92 Å². The molecule has 0 aromatic heterocycles. The molecule has 0 spiro atoms. The molecule has 0 aliphatic heterocycles. The summed E-state index contributed by atoms with van der Waals surface area (Å²) in [5, 5.41) is 22.7. The second-order valence-electron chi connectivity index (χ2n) is 10.4. The summed E-state index contributed by atoms with van der Waals surface area (Å²) in [6.45, 7) is 6.91. The number of aliphatic hydroxyl groups is 1. The van der Waals surface area contributed by atoms with E-state index in [1.165, 1.54) is 13.2 Å². The highest BCUT2D eigenvalue weighted by Crippen LogP contribution is 2.29. The first-order chi connectivity index (χ1) is 16.3. The lowest BCUT2D eigenvalue weighted by Gasteiger charge is -2.35. The van der Waals surface area contributed by atoms with Gasteiger partial charge < -0.3 is 24.5 Å². The van der Waals surface area contributed by atoms with Crippen LogP contribution in [-0.4, -0.2) is 47.9 Å². The fraction of sp³-hybridized carbons (Fsp3) is 0.852. The Hall–Kier alpha value is -1.54. The topological polar surface area (TPSA) is 95.9 Å². The van der Waals surface area contributed by atoms with Crippen LogP contribution in [0.3, 0.4) is 0 Å². The summed E-state index contributed by atoms with van der Waals surface area (Å²) in [6.07, 6.45) is 10.1. The molecule has 6 nitrogen and oxygen atoms in total. The van der Waals surface area contributed by atoms with E-state index in [-0.39, 0.29) is 25.9 Å². The standard InChI is InChI=1S/C27H48F2O6/c1-6-7-8-12-15-18-26(28,29)19-16-13-10-9-11-14-17-22(23(30)31)27(33,20-21-34-5)24(32)35-25(2,3)4/h14,17,22,33H,6-13,15-16,18-21H2,1-5H3,(H,30,31)/p-1/b17-14+/t22-,27+/m1/s1. The van der Waals surface area contributed by atoms with Crippen LogP contribution in [0.25, 0.3) is 0 Å². The molecule has 0 fully saturated rings. The highest BCUT2D eigenvalue weighted by atomic mass is 19.3. The fourth-order valence-corrected chi connectivity index (χ4v) is 3.79. The average molecular weight is 506 g/mol. The first-order valence-electron chi connectivity index (χ1n) is 13.0. The summed E-state index contributed by atoms with van der Waals surface area (Å²) >= 11 is 0. The van der Waals surface area contributed by atoms with E-state index in [0.29, 0.717) is 32.1 Å². The first-order valence-corrected chi connectivity index (χ1v) is 13.0. The maximum atomic E-state index is 14.0. The Labute approximate surface area is 210 Å². The Balaban J connectivity index is 4.63. The van der Waals surface area contributed by atoms with E-state index in [1.807, 2.05) is 0 Å².